The van der Waals surface area contributed by atoms with Gasteiger partial charge in [0.1, 0.15) is 23.9 Å². The van der Waals surface area contributed by atoms with E-state index in [2.05, 4.69) is 29.0 Å². The zero-order valence-electron chi connectivity index (χ0n) is 28.5. The minimum atomic E-state index is -0.824. The van der Waals surface area contributed by atoms with E-state index in [1.165, 1.54) is 13.0 Å². The fourth-order valence-electron chi connectivity index (χ4n) is 6.56. The molecule has 9 unspecified atom stereocenters. The molecule has 1 spiro atoms. The van der Waals surface area contributed by atoms with Crippen LogP contribution < -0.4 is 16.0 Å². The molecule has 3 aliphatic heterocycles. The van der Waals surface area contributed by atoms with Gasteiger partial charge in [0.05, 0.1) is 37.4 Å². The van der Waals surface area contributed by atoms with Crippen LogP contribution in [-0.2, 0) is 38.1 Å². The van der Waals surface area contributed by atoms with Crippen LogP contribution in [0.1, 0.15) is 86.5 Å². The van der Waals surface area contributed by atoms with Gasteiger partial charge in [0.25, 0.3) is 0 Å². The number of aliphatic hydroxyl groups is 1. The van der Waals surface area contributed by atoms with E-state index in [9.17, 15) is 24.3 Å². The second-order valence-electron chi connectivity index (χ2n) is 13.7. The number of hydrogen-bond donors (Lipinski definition) is 4. The Labute approximate surface area is 278 Å². The molecule has 4 aliphatic rings. The molecule has 4 N–H and O–H groups in total. The Hall–Kier alpha value is -3.06. The summed E-state index contributed by atoms with van der Waals surface area (Å²) in [5, 5.41) is 20.0. The number of ether oxygens (including phenoxy) is 4. The number of allylic oxidation sites excluding steroid dienone is 2. The molecule has 12 heteroatoms. The van der Waals surface area contributed by atoms with Crippen LogP contribution in [-0.4, -0.2) is 95.8 Å². The van der Waals surface area contributed by atoms with Crippen molar-refractivity contribution in [2.24, 2.45) is 5.92 Å². The van der Waals surface area contributed by atoms with Crippen LogP contribution in [0.3, 0.4) is 0 Å². The Morgan fingerprint density at radius 2 is 1.68 bits per heavy atom. The van der Waals surface area contributed by atoms with Crippen molar-refractivity contribution >= 4 is 23.7 Å². The van der Waals surface area contributed by atoms with E-state index < -0.39 is 29.9 Å². The molecule has 3 amide bonds. The van der Waals surface area contributed by atoms with E-state index in [1.807, 2.05) is 32.9 Å². The normalized spacial score (nSPS) is 36.1. The lowest BCUT2D eigenvalue weighted by molar-refractivity contribution is -0.146. The molecule has 0 aromatic heterocycles. The van der Waals surface area contributed by atoms with Crippen LogP contribution in [0.25, 0.3) is 0 Å². The summed E-state index contributed by atoms with van der Waals surface area (Å²) in [4.78, 5) is 47.8. The summed E-state index contributed by atoms with van der Waals surface area (Å²) in [7, 11) is 0. The van der Waals surface area contributed by atoms with Gasteiger partial charge >= 0.3 is 5.97 Å². The highest BCUT2D eigenvalue weighted by Gasteiger charge is 2.58. The molecule has 3 heterocycles. The van der Waals surface area contributed by atoms with E-state index in [1.54, 1.807) is 13.0 Å². The number of aliphatic hydroxyl groups excluding tert-OH is 1. The second-order valence-corrected chi connectivity index (χ2v) is 13.7. The van der Waals surface area contributed by atoms with Crippen LogP contribution >= 0.6 is 0 Å². The van der Waals surface area contributed by atoms with Crippen molar-refractivity contribution in [1.29, 1.82) is 0 Å². The third-order valence-electron chi connectivity index (χ3n) is 9.53. The molecule has 0 radical (unpaired) electrons. The van der Waals surface area contributed by atoms with Crippen molar-refractivity contribution in [2.45, 2.75) is 147 Å². The maximum Gasteiger partial charge on any atom is 0.303 e. The standard InChI is InChI=1S/C35H53N3O9/c1-7-31(40)36-25-15-26(16-25)37-33(42)17-27-18-35(19-44-35)34(43)30(47-27)12-9-20(2)8-11-29-21(3)14-28(23(5)46-29)38-32(41)13-10-22(4)45-24(6)39/h8-10,12-13,21-23,25-30,34,43H,7,11,14-19H2,1-6H3,(H,36,40)(H,37,42)(H,38,41). The number of esters is 1. The molecule has 1 saturated carbocycles. The number of carbonyl (C=O) groups is 4. The van der Waals surface area contributed by atoms with E-state index >= 15 is 0 Å². The van der Waals surface area contributed by atoms with Gasteiger partial charge in [0, 0.05) is 37.9 Å². The Morgan fingerprint density at radius 1 is 1.00 bits per heavy atom. The van der Waals surface area contributed by atoms with Gasteiger partial charge in [0.15, 0.2) is 0 Å². The van der Waals surface area contributed by atoms with Crippen LogP contribution in [0.2, 0.25) is 0 Å². The lowest BCUT2D eigenvalue weighted by atomic mass is 9.85. The number of nitrogens with one attached hydrogen (secondary N) is 3. The summed E-state index contributed by atoms with van der Waals surface area (Å²) < 4.78 is 23.2. The van der Waals surface area contributed by atoms with Gasteiger partial charge < -0.3 is 40.0 Å². The molecular weight excluding hydrogens is 606 g/mol. The topological polar surface area (TPSA) is 165 Å². The Balaban J connectivity index is 1.23. The fraction of sp³-hybridized carbons (Fsp3) is 0.714. The molecule has 0 aromatic carbocycles. The largest absolute Gasteiger partial charge is 0.459 e. The summed E-state index contributed by atoms with van der Waals surface area (Å²) in [6.07, 6.45) is 10.3. The first-order chi connectivity index (χ1) is 22.3. The highest BCUT2D eigenvalue weighted by atomic mass is 16.6. The third-order valence-corrected chi connectivity index (χ3v) is 9.53. The van der Waals surface area contributed by atoms with Crippen molar-refractivity contribution in [1.82, 2.24) is 16.0 Å². The molecule has 3 saturated heterocycles. The highest BCUT2D eigenvalue weighted by molar-refractivity contribution is 5.87. The first-order valence-electron chi connectivity index (χ1n) is 17.0. The Kier molecular flexibility index (Phi) is 12.8. The minimum Gasteiger partial charge on any atom is -0.459 e. The SMILES string of the molecule is CCC(=O)NC1CC(NC(=O)CC2CC3(CO3)C(O)C(C=CC(C)=CCC3OC(C)C(NC(=O)C=CC(C)OC(C)=O)CC3C)O2)C1. The molecule has 9 atom stereocenters. The quantitative estimate of drug-likeness (QED) is 0.101. The van der Waals surface area contributed by atoms with Crippen molar-refractivity contribution in [3.05, 3.63) is 36.0 Å². The van der Waals surface area contributed by atoms with Crippen LogP contribution in [0.15, 0.2) is 36.0 Å². The zero-order chi connectivity index (χ0) is 34.3. The van der Waals surface area contributed by atoms with E-state index in [-0.39, 0.29) is 66.5 Å². The zero-order valence-corrected chi connectivity index (χ0v) is 28.5. The maximum absolute atomic E-state index is 12.8. The lowest BCUT2D eigenvalue weighted by Gasteiger charge is -2.39. The molecular formula is C35H53N3O9. The Bertz CT molecular complexity index is 1220. The number of carbonyl (C=O) groups excluding carboxylic acids is 4. The highest BCUT2D eigenvalue weighted by Crippen LogP contribution is 2.43. The molecule has 262 valence electrons. The number of epoxide rings is 1. The van der Waals surface area contributed by atoms with Crippen molar-refractivity contribution in [3.8, 4) is 0 Å². The van der Waals surface area contributed by atoms with Crippen molar-refractivity contribution in [2.75, 3.05) is 6.61 Å². The van der Waals surface area contributed by atoms with Gasteiger partial charge in [-0.15, -0.1) is 0 Å². The van der Waals surface area contributed by atoms with Gasteiger partial charge in [-0.2, -0.15) is 0 Å². The predicted octanol–water partition coefficient (Wildman–Crippen LogP) is 2.54. The number of amides is 3. The first kappa shape index (κ1) is 36.8. The number of rotatable bonds is 13. The molecule has 4 fully saturated rings. The van der Waals surface area contributed by atoms with Crippen molar-refractivity contribution < 1.29 is 43.2 Å². The van der Waals surface area contributed by atoms with Crippen LogP contribution in [0, 0.1) is 5.92 Å². The summed E-state index contributed by atoms with van der Waals surface area (Å²) in [6.45, 7) is 11.3. The van der Waals surface area contributed by atoms with E-state index in [0.717, 1.165) is 24.8 Å². The molecule has 1 aliphatic carbocycles. The monoisotopic (exact) mass is 659 g/mol. The third kappa shape index (κ3) is 10.7. The molecule has 0 bridgehead atoms. The van der Waals surface area contributed by atoms with E-state index in [4.69, 9.17) is 18.9 Å². The smallest absolute Gasteiger partial charge is 0.303 e. The summed E-state index contributed by atoms with van der Waals surface area (Å²) in [5.41, 5.74) is 0.318. The average Bonchev–Trinajstić information content (AvgIpc) is 3.76. The second kappa shape index (κ2) is 16.4. The van der Waals surface area contributed by atoms with Gasteiger partial charge in [0.2, 0.25) is 17.7 Å². The van der Waals surface area contributed by atoms with Gasteiger partial charge in [-0.05, 0) is 58.4 Å². The van der Waals surface area contributed by atoms with Gasteiger partial charge in [-0.25, -0.2) is 0 Å². The van der Waals surface area contributed by atoms with Crippen LogP contribution in [0.4, 0.5) is 0 Å². The average molecular weight is 660 g/mol. The lowest BCUT2D eigenvalue weighted by Crippen LogP contribution is -2.55. The summed E-state index contributed by atoms with van der Waals surface area (Å²) in [5.74, 6) is -0.529. The number of hydrogen-bond acceptors (Lipinski definition) is 9. The molecule has 4 rings (SSSR count). The van der Waals surface area contributed by atoms with Gasteiger partial charge in [-0.3, -0.25) is 19.2 Å². The molecule has 12 nitrogen and oxygen atoms in total. The van der Waals surface area contributed by atoms with E-state index in [0.29, 0.717) is 25.9 Å². The Morgan fingerprint density at radius 3 is 2.32 bits per heavy atom. The minimum absolute atomic E-state index is 0.0163. The maximum atomic E-state index is 12.8. The first-order valence-corrected chi connectivity index (χ1v) is 17.0. The molecule has 47 heavy (non-hydrogen) atoms. The molecule has 0 aromatic rings. The predicted molar refractivity (Wildman–Crippen MR) is 174 cm³/mol. The van der Waals surface area contributed by atoms with Crippen molar-refractivity contribution in [3.63, 3.8) is 0 Å². The summed E-state index contributed by atoms with van der Waals surface area (Å²) >= 11 is 0. The fourth-order valence-corrected chi connectivity index (χ4v) is 6.56. The van der Waals surface area contributed by atoms with Crippen LogP contribution in [0.5, 0.6) is 0 Å². The summed E-state index contributed by atoms with van der Waals surface area (Å²) in [6, 6.07) is 0.0218. The van der Waals surface area contributed by atoms with Gasteiger partial charge in [-0.1, -0.05) is 37.6 Å².